The van der Waals surface area contributed by atoms with Crippen molar-refractivity contribution in [2.75, 3.05) is 0 Å². The zero-order valence-corrected chi connectivity index (χ0v) is 19.8. The van der Waals surface area contributed by atoms with E-state index in [-0.39, 0.29) is 0 Å². The van der Waals surface area contributed by atoms with Crippen molar-refractivity contribution in [1.29, 1.82) is 0 Å². The van der Waals surface area contributed by atoms with Gasteiger partial charge in [-0.05, 0) is 41.4 Å². The van der Waals surface area contributed by atoms with Crippen LogP contribution in [0.5, 0.6) is 0 Å². The normalized spacial score (nSPS) is 19.2. The maximum atomic E-state index is 5.70. The third-order valence-corrected chi connectivity index (χ3v) is 12.8. The van der Waals surface area contributed by atoms with E-state index >= 15 is 0 Å². The van der Waals surface area contributed by atoms with Crippen LogP contribution in [0.2, 0.25) is 16.6 Å². The van der Waals surface area contributed by atoms with E-state index in [9.17, 15) is 0 Å². The molecular weight excluding hydrogens is 358 g/mol. The predicted molar refractivity (Wildman–Crippen MR) is 124 cm³/mol. The van der Waals surface area contributed by atoms with E-state index in [0.717, 1.165) is 12.8 Å². The zero-order valence-electron chi connectivity index (χ0n) is 18.8. The quantitative estimate of drug-likeness (QED) is 0.267. The van der Waals surface area contributed by atoms with Gasteiger partial charge in [0.15, 0.2) is 0 Å². The molecule has 0 saturated heterocycles. The molecule has 0 heterocycles. The third kappa shape index (κ3) is 5.74. The molecule has 0 radical (unpaired) electrons. The second-order valence-corrected chi connectivity index (χ2v) is 14.8. The highest BCUT2D eigenvalue weighted by Crippen LogP contribution is 2.40. The zero-order chi connectivity index (χ0) is 20.6. The van der Waals surface area contributed by atoms with Crippen molar-refractivity contribution in [2.24, 2.45) is 11.1 Å². The summed E-state index contributed by atoms with van der Waals surface area (Å²) in [5.41, 5.74) is 8.33. The first-order valence-corrected chi connectivity index (χ1v) is 13.3. The minimum atomic E-state index is -1.64. The molecule has 28 heavy (non-hydrogen) atoms. The second kappa shape index (κ2) is 10.9. The average Bonchev–Trinajstić information content (AvgIpc) is 2.66. The van der Waals surface area contributed by atoms with Crippen LogP contribution in [0, 0.1) is 17.4 Å². The minimum Gasteiger partial charge on any atom is -0.391 e. The molecule has 1 unspecified atom stereocenters. The Hall–Kier alpha value is -1.53. The topological polar surface area (TPSA) is 21.6 Å². The summed E-state index contributed by atoms with van der Waals surface area (Å²) in [7, 11) is -1.64. The predicted octanol–water partition coefficient (Wildman–Crippen LogP) is 7.36. The number of hydrogen-bond acceptors (Lipinski definition) is 2. The maximum Gasteiger partial charge on any atom is 0.145 e. The van der Waals surface area contributed by atoms with Gasteiger partial charge in [-0.3, -0.25) is 0 Å². The molecule has 1 fully saturated rings. The van der Waals surface area contributed by atoms with Gasteiger partial charge in [-0.15, -0.1) is 11.5 Å². The van der Waals surface area contributed by atoms with Gasteiger partial charge in [0.25, 0.3) is 0 Å². The molecule has 154 valence electrons. The van der Waals surface area contributed by atoms with Gasteiger partial charge >= 0.3 is 0 Å². The lowest BCUT2D eigenvalue weighted by Gasteiger charge is -2.38. The molecule has 1 aliphatic carbocycles. The van der Waals surface area contributed by atoms with Gasteiger partial charge in [-0.25, -0.2) is 0 Å². The average molecular weight is 398 g/mol. The summed E-state index contributed by atoms with van der Waals surface area (Å²) in [6, 6.07) is 10.3. The van der Waals surface area contributed by atoms with E-state index < -0.39 is 8.07 Å². The molecule has 1 atom stereocenters. The van der Waals surface area contributed by atoms with Gasteiger partial charge in [-0.2, -0.15) is 0 Å². The van der Waals surface area contributed by atoms with Crippen LogP contribution in [-0.4, -0.2) is 13.8 Å². The van der Waals surface area contributed by atoms with E-state index in [1.54, 1.807) is 0 Å². The van der Waals surface area contributed by atoms with Crippen molar-refractivity contribution >= 4 is 13.8 Å². The molecule has 0 N–H and O–H groups in total. The Labute approximate surface area is 174 Å². The van der Waals surface area contributed by atoms with E-state index in [4.69, 9.17) is 4.84 Å². The van der Waals surface area contributed by atoms with E-state index in [1.807, 2.05) is 18.2 Å². The van der Waals surface area contributed by atoms with Crippen LogP contribution in [0.15, 0.2) is 35.5 Å². The molecule has 3 heteroatoms. The van der Waals surface area contributed by atoms with E-state index in [0.29, 0.717) is 29.1 Å². The summed E-state index contributed by atoms with van der Waals surface area (Å²) in [6.45, 7) is 14.8. The molecule has 1 aliphatic rings. The number of benzene rings is 1. The summed E-state index contributed by atoms with van der Waals surface area (Å²) >= 11 is 0. The number of rotatable bonds is 7. The first-order chi connectivity index (χ1) is 13.4. The molecule has 1 saturated carbocycles. The van der Waals surface area contributed by atoms with Gasteiger partial charge in [-0.1, -0.05) is 83.5 Å². The molecule has 0 bridgehead atoms. The Kier molecular flexibility index (Phi) is 8.83. The van der Waals surface area contributed by atoms with Crippen molar-refractivity contribution in [1.82, 2.24) is 0 Å². The molecule has 0 spiro atoms. The Morgan fingerprint density at radius 2 is 1.64 bits per heavy atom. The summed E-state index contributed by atoms with van der Waals surface area (Å²) in [5.74, 6) is 4.12. The fourth-order valence-electron chi connectivity index (χ4n) is 4.93. The van der Waals surface area contributed by atoms with Gasteiger partial charge in [0.05, 0.1) is 5.71 Å². The minimum absolute atomic E-state index is 0.468. The number of oxime groups is 1. The van der Waals surface area contributed by atoms with Gasteiger partial charge < -0.3 is 4.84 Å². The largest absolute Gasteiger partial charge is 0.391 e. The molecular formula is C25H39NOSi. The smallest absolute Gasteiger partial charge is 0.145 e. The summed E-state index contributed by atoms with van der Waals surface area (Å²) < 4.78 is 0. The van der Waals surface area contributed by atoms with Crippen molar-refractivity contribution in [3.63, 3.8) is 0 Å². The van der Waals surface area contributed by atoms with Crippen molar-refractivity contribution in [3.05, 3.63) is 35.9 Å². The van der Waals surface area contributed by atoms with Gasteiger partial charge in [0.1, 0.15) is 14.7 Å². The number of hydrogen-bond donors (Lipinski definition) is 0. The standard InChI is InChI=1S/C25H39NOSi/c1-20(2)28(21(3)4,22(5)6)18-12-16-24-15-10-11-17-25(24)26-27-19-23-13-8-7-9-14-23/h7-9,13-14,20-22,24H,10-11,15-17,19H2,1-6H3/b26-25+. The monoisotopic (exact) mass is 397 g/mol. The van der Waals surface area contributed by atoms with E-state index in [2.05, 4.69) is 70.3 Å². The summed E-state index contributed by atoms with van der Waals surface area (Å²) in [4.78, 5) is 5.70. The van der Waals surface area contributed by atoms with Crippen LogP contribution in [0.4, 0.5) is 0 Å². The Morgan fingerprint density at radius 3 is 2.25 bits per heavy atom. The van der Waals surface area contributed by atoms with Gasteiger partial charge in [0, 0.05) is 12.3 Å². The molecule has 0 amide bonds. The Balaban J connectivity index is 2.06. The highest BCUT2D eigenvalue weighted by Gasteiger charge is 2.41. The molecule has 0 aliphatic heterocycles. The number of nitrogens with zero attached hydrogens (tertiary/aromatic N) is 1. The Bertz CT molecular complexity index is 660. The lowest BCUT2D eigenvalue weighted by molar-refractivity contribution is 0.127. The molecule has 2 rings (SSSR count). The van der Waals surface area contributed by atoms with Crippen LogP contribution < -0.4 is 0 Å². The van der Waals surface area contributed by atoms with E-state index in [1.165, 1.54) is 30.5 Å². The first-order valence-electron chi connectivity index (χ1n) is 11.1. The fraction of sp³-hybridized carbons (Fsp3) is 0.640. The van der Waals surface area contributed by atoms with Crippen molar-refractivity contribution in [2.45, 2.75) is 96.9 Å². The molecule has 1 aromatic rings. The molecule has 1 aromatic carbocycles. The fourth-order valence-corrected chi connectivity index (χ4v) is 10.2. The second-order valence-electron chi connectivity index (χ2n) is 9.19. The summed E-state index contributed by atoms with van der Waals surface area (Å²) in [6.07, 6.45) is 5.70. The maximum absolute atomic E-state index is 5.70. The summed E-state index contributed by atoms with van der Waals surface area (Å²) in [5, 5.41) is 4.54. The third-order valence-electron chi connectivity index (χ3n) is 6.48. The highest BCUT2D eigenvalue weighted by atomic mass is 28.3. The van der Waals surface area contributed by atoms with Crippen molar-refractivity contribution < 1.29 is 4.84 Å². The van der Waals surface area contributed by atoms with Gasteiger partial charge in [0.2, 0.25) is 0 Å². The van der Waals surface area contributed by atoms with Crippen LogP contribution in [0.25, 0.3) is 0 Å². The lowest BCUT2D eigenvalue weighted by Crippen LogP contribution is -2.43. The van der Waals surface area contributed by atoms with Crippen molar-refractivity contribution in [3.8, 4) is 11.5 Å². The molecule has 0 aromatic heterocycles. The Morgan fingerprint density at radius 1 is 1.00 bits per heavy atom. The molecule has 2 nitrogen and oxygen atoms in total. The van der Waals surface area contributed by atoms with Crippen LogP contribution >= 0.6 is 0 Å². The van der Waals surface area contributed by atoms with Crippen LogP contribution in [-0.2, 0) is 11.4 Å². The van der Waals surface area contributed by atoms with Crippen LogP contribution in [0.1, 0.15) is 79.2 Å². The SMILES string of the molecule is CC(C)[Si](C#CCC1CCCC/C1=N\OCc1ccccc1)(C(C)C)C(C)C. The lowest BCUT2D eigenvalue weighted by atomic mass is 9.85. The first kappa shape index (κ1) is 22.8. The van der Waals surface area contributed by atoms with Crippen LogP contribution in [0.3, 0.4) is 0 Å². The highest BCUT2D eigenvalue weighted by molar-refractivity contribution is 6.90.